The minimum Gasteiger partial charge on any atom is -0.617 e. The molecule has 0 aromatic heterocycles. The van der Waals surface area contributed by atoms with E-state index in [9.17, 15) is 40.5 Å². The van der Waals surface area contributed by atoms with Gasteiger partial charge in [0.1, 0.15) is 28.8 Å². The number of imide groups is 1. The first-order valence-electron chi connectivity index (χ1n) is 9.20. The number of hydrogen-bond acceptors (Lipinski definition) is 4. The molecule has 0 aliphatic rings. The lowest BCUT2D eigenvalue weighted by Crippen LogP contribution is -2.45. The molecule has 0 saturated heterocycles. The standard InChI is InChI=1S/C20H18F6N2O3S2/c1-27(18(29)17-13(21)5-3-6-14(17)22)19(30)28(9-4-10-33(2)31)16-8-7-12(11-15(16)23)32-20(24,25)26/h3,5-8,11H,4,9-10H2,1-2H3. The summed E-state index contributed by atoms with van der Waals surface area (Å²) in [5, 5.41) is 0. The Morgan fingerprint density at radius 2 is 1.67 bits per heavy atom. The van der Waals surface area contributed by atoms with E-state index in [-0.39, 0.29) is 18.7 Å². The summed E-state index contributed by atoms with van der Waals surface area (Å²) in [4.78, 5) is 26.2. The van der Waals surface area contributed by atoms with Crippen LogP contribution < -0.4 is 4.90 Å². The summed E-state index contributed by atoms with van der Waals surface area (Å²) in [5.41, 5.74) is -6.12. The predicted molar refractivity (Wildman–Crippen MR) is 113 cm³/mol. The Bertz CT molecular complexity index is 1000. The topological polar surface area (TPSA) is 63.7 Å². The molecule has 0 saturated carbocycles. The maximum Gasteiger partial charge on any atom is 0.446 e. The molecule has 0 radical (unpaired) electrons. The Balaban J connectivity index is 2.38. The molecule has 0 N–H and O–H groups in total. The van der Waals surface area contributed by atoms with Crippen LogP contribution in [0.15, 0.2) is 41.3 Å². The number of rotatable bonds is 7. The average Bonchev–Trinajstić information content (AvgIpc) is 2.69. The molecular weight excluding hydrogens is 494 g/mol. The zero-order valence-corrected chi connectivity index (χ0v) is 18.9. The molecule has 33 heavy (non-hydrogen) atoms. The van der Waals surface area contributed by atoms with Gasteiger partial charge in [-0.05, 0) is 42.1 Å². The van der Waals surface area contributed by atoms with E-state index in [0.717, 1.165) is 42.3 Å². The minimum atomic E-state index is -4.66. The Labute approximate surface area is 192 Å². The van der Waals surface area contributed by atoms with Crippen molar-refractivity contribution in [2.24, 2.45) is 0 Å². The van der Waals surface area contributed by atoms with Gasteiger partial charge in [-0.3, -0.25) is 14.6 Å². The third kappa shape index (κ3) is 7.30. The summed E-state index contributed by atoms with van der Waals surface area (Å²) in [7, 11) is 0.924. The Morgan fingerprint density at radius 1 is 1.06 bits per heavy atom. The summed E-state index contributed by atoms with van der Waals surface area (Å²) in [6.07, 6.45) is 1.48. The van der Waals surface area contributed by atoms with E-state index in [1.165, 1.54) is 6.26 Å². The molecule has 1 unspecified atom stereocenters. The Hall–Kier alpha value is -2.38. The van der Waals surface area contributed by atoms with Crippen molar-refractivity contribution in [1.82, 2.24) is 4.90 Å². The Morgan fingerprint density at radius 3 is 2.18 bits per heavy atom. The van der Waals surface area contributed by atoms with Crippen molar-refractivity contribution in [2.75, 3.05) is 30.5 Å². The van der Waals surface area contributed by atoms with Gasteiger partial charge in [0, 0.05) is 24.9 Å². The van der Waals surface area contributed by atoms with Crippen LogP contribution in [0.3, 0.4) is 0 Å². The average molecular weight is 512 g/mol. The van der Waals surface area contributed by atoms with Gasteiger partial charge in [0.25, 0.3) is 5.91 Å². The van der Waals surface area contributed by atoms with Gasteiger partial charge in [-0.25, -0.2) is 18.0 Å². The second-order valence-corrected chi connectivity index (χ2v) is 9.38. The lowest BCUT2D eigenvalue weighted by molar-refractivity contribution is -0.0328. The van der Waals surface area contributed by atoms with Crippen LogP contribution in [-0.2, 0) is 11.2 Å². The van der Waals surface area contributed by atoms with E-state index in [1.54, 1.807) is 0 Å². The SMILES string of the molecule is CN(C(=O)c1c(F)cccc1F)C(=O)N(CCC[S+](C)[O-])c1ccc(SC(F)(F)F)cc1F. The monoisotopic (exact) mass is 512 g/mol. The van der Waals surface area contributed by atoms with Crippen LogP contribution in [0.2, 0.25) is 0 Å². The summed E-state index contributed by atoms with van der Waals surface area (Å²) < 4.78 is 91.7. The number of benzene rings is 2. The van der Waals surface area contributed by atoms with Gasteiger partial charge in [-0.15, -0.1) is 0 Å². The van der Waals surface area contributed by atoms with Crippen molar-refractivity contribution >= 4 is 40.6 Å². The number of carbonyl (C=O) groups excluding carboxylic acids is 2. The number of halogens is 6. The number of amides is 3. The van der Waals surface area contributed by atoms with Crippen molar-refractivity contribution in [3.63, 3.8) is 0 Å². The van der Waals surface area contributed by atoms with Gasteiger partial charge < -0.3 is 4.55 Å². The number of thioether (sulfide) groups is 1. The normalized spacial score (nSPS) is 12.4. The highest BCUT2D eigenvalue weighted by atomic mass is 32.2. The van der Waals surface area contributed by atoms with Crippen molar-refractivity contribution < 1.29 is 40.5 Å². The van der Waals surface area contributed by atoms with Crippen molar-refractivity contribution in [3.8, 4) is 0 Å². The number of hydrogen-bond donors (Lipinski definition) is 0. The highest BCUT2D eigenvalue weighted by molar-refractivity contribution is 8.00. The third-order valence-corrected chi connectivity index (χ3v) is 5.84. The van der Waals surface area contributed by atoms with Crippen LogP contribution in [0.5, 0.6) is 0 Å². The molecule has 2 rings (SSSR count). The number of urea groups is 1. The van der Waals surface area contributed by atoms with Crippen LogP contribution in [-0.4, -0.2) is 52.5 Å². The van der Waals surface area contributed by atoms with Crippen molar-refractivity contribution in [1.29, 1.82) is 0 Å². The highest BCUT2D eigenvalue weighted by Gasteiger charge is 2.32. The van der Waals surface area contributed by atoms with Crippen LogP contribution in [0.1, 0.15) is 16.8 Å². The van der Waals surface area contributed by atoms with Gasteiger partial charge in [0.05, 0.1) is 11.9 Å². The first-order chi connectivity index (χ1) is 15.3. The summed E-state index contributed by atoms with van der Waals surface area (Å²) in [6.45, 7) is -0.265. The van der Waals surface area contributed by atoms with E-state index in [1.807, 2.05) is 0 Å². The molecule has 5 nitrogen and oxygen atoms in total. The Kier molecular flexibility index (Phi) is 9.09. The molecule has 0 heterocycles. The molecule has 0 fully saturated rings. The molecule has 0 aliphatic carbocycles. The van der Waals surface area contributed by atoms with Crippen LogP contribution in [0, 0.1) is 17.5 Å². The fraction of sp³-hybridized carbons (Fsp3) is 0.300. The number of nitrogens with zero attached hydrogens (tertiary/aromatic N) is 2. The van der Waals surface area contributed by atoms with Crippen molar-refractivity contribution in [2.45, 2.75) is 16.8 Å². The van der Waals surface area contributed by atoms with Gasteiger partial charge >= 0.3 is 11.5 Å². The highest BCUT2D eigenvalue weighted by Crippen LogP contribution is 2.38. The van der Waals surface area contributed by atoms with E-state index in [4.69, 9.17) is 0 Å². The fourth-order valence-electron chi connectivity index (χ4n) is 2.79. The third-order valence-electron chi connectivity index (χ3n) is 4.26. The molecule has 3 amide bonds. The van der Waals surface area contributed by atoms with Crippen LogP contribution in [0.4, 0.5) is 36.8 Å². The second kappa shape index (κ2) is 11.2. The van der Waals surface area contributed by atoms with Crippen molar-refractivity contribution in [3.05, 3.63) is 59.4 Å². The maximum absolute atomic E-state index is 14.7. The summed E-state index contributed by atoms with van der Waals surface area (Å²) in [5.74, 6) is -4.86. The molecule has 2 aromatic rings. The molecule has 0 spiro atoms. The zero-order valence-electron chi connectivity index (χ0n) is 17.3. The van der Waals surface area contributed by atoms with Gasteiger partial charge in [-0.2, -0.15) is 13.2 Å². The van der Waals surface area contributed by atoms with Gasteiger partial charge in [0.2, 0.25) is 0 Å². The van der Waals surface area contributed by atoms with Gasteiger partial charge in [0.15, 0.2) is 0 Å². The summed E-state index contributed by atoms with van der Waals surface area (Å²) >= 11 is -1.82. The molecule has 0 aliphatic heterocycles. The van der Waals surface area contributed by atoms with Crippen LogP contribution in [0.25, 0.3) is 0 Å². The van der Waals surface area contributed by atoms with Crippen LogP contribution >= 0.6 is 11.8 Å². The zero-order chi connectivity index (χ0) is 24.9. The lowest BCUT2D eigenvalue weighted by Gasteiger charge is -2.28. The lowest BCUT2D eigenvalue weighted by atomic mass is 10.1. The molecule has 0 bridgehead atoms. The first kappa shape index (κ1) is 26.9. The number of carbonyl (C=O) groups is 2. The smallest absolute Gasteiger partial charge is 0.446 e. The van der Waals surface area contributed by atoms with E-state index in [0.29, 0.717) is 11.0 Å². The molecule has 180 valence electrons. The summed E-state index contributed by atoms with van der Waals surface area (Å²) in [6, 6.07) is 3.92. The molecule has 2 aromatic carbocycles. The largest absolute Gasteiger partial charge is 0.617 e. The number of anilines is 1. The molecule has 1 atom stereocenters. The van der Waals surface area contributed by atoms with E-state index in [2.05, 4.69) is 0 Å². The first-order valence-corrected chi connectivity index (χ1v) is 11.7. The minimum absolute atomic E-state index is 0.0867. The quantitative estimate of drug-likeness (QED) is 0.291. The van der Waals surface area contributed by atoms with E-state index < -0.39 is 74.0 Å². The van der Waals surface area contributed by atoms with E-state index >= 15 is 0 Å². The molecular formula is C20H18F6N2O3S2. The second-order valence-electron chi connectivity index (χ2n) is 6.69. The molecule has 13 heteroatoms. The fourth-order valence-corrected chi connectivity index (χ4v) is 3.89. The maximum atomic E-state index is 14.7. The van der Waals surface area contributed by atoms with Gasteiger partial charge in [-0.1, -0.05) is 17.2 Å². The predicted octanol–water partition coefficient (Wildman–Crippen LogP) is 5.18. The number of alkyl halides is 3.